The summed E-state index contributed by atoms with van der Waals surface area (Å²) in [7, 11) is 0. The average molecular weight is 242 g/mol. The van der Waals surface area contributed by atoms with Crippen molar-refractivity contribution in [2.75, 3.05) is 6.54 Å². The minimum absolute atomic E-state index is 0. The minimum Gasteiger partial charge on any atom is -0.480 e. The highest BCUT2D eigenvalue weighted by molar-refractivity contribution is 5.85. The number of carboxylic acid groups (broad SMARTS) is 1. The van der Waals surface area contributed by atoms with Crippen molar-refractivity contribution >= 4 is 30.8 Å². The summed E-state index contributed by atoms with van der Waals surface area (Å²) in [6.07, 6.45) is 3.88. The second-order valence-corrected chi connectivity index (χ2v) is 2.47. The molecule has 0 unspecified atom stereocenters. The Labute approximate surface area is 94.1 Å². The van der Waals surface area contributed by atoms with Crippen LogP contribution in [0, 0.1) is 0 Å². The summed E-state index contributed by atoms with van der Waals surface area (Å²) in [6.45, 7) is 0.488. The van der Waals surface area contributed by atoms with Crippen LogP contribution in [0.25, 0.3) is 0 Å². The molecule has 5 nitrogen and oxygen atoms in total. The smallest absolute Gasteiger partial charge is 0.323 e. The molecule has 1 aromatic rings. The highest BCUT2D eigenvalue weighted by Crippen LogP contribution is 1.95. The molecule has 82 valence electrons. The van der Waals surface area contributed by atoms with E-state index < -0.39 is 5.97 Å². The number of hydrogen-bond donors (Lipinski definition) is 2. The van der Waals surface area contributed by atoms with E-state index in [2.05, 4.69) is 4.98 Å². The lowest BCUT2D eigenvalue weighted by Crippen LogP contribution is -2.06. The SMILES string of the molecule is Cl.Cl.NCCc1cn(CC(=O)O)cn1. The van der Waals surface area contributed by atoms with Crippen LogP contribution >= 0.6 is 24.8 Å². The highest BCUT2D eigenvalue weighted by Gasteiger charge is 2.00. The van der Waals surface area contributed by atoms with Gasteiger partial charge in [0.2, 0.25) is 0 Å². The van der Waals surface area contributed by atoms with Crippen LogP contribution in [0.3, 0.4) is 0 Å². The van der Waals surface area contributed by atoms with Crippen LogP contribution in [0.15, 0.2) is 12.5 Å². The zero-order chi connectivity index (χ0) is 8.97. The van der Waals surface area contributed by atoms with Crippen molar-refractivity contribution in [2.24, 2.45) is 5.73 Å². The van der Waals surface area contributed by atoms with Gasteiger partial charge < -0.3 is 15.4 Å². The lowest BCUT2D eigenvalue weighted by molar-refractivity contribution is -0.137. The van der Waals surface area contributed by atoms with Crippen LogP contribution < -0.4 is 5.73 Å². The number of aromatic nitrogens is 2. The third kappa shape index (κ3) is 5.06. The van der Waals surface area contributed by atoms with Gasteiger partial charge in [0.15, 0.2) is 0 Å². The largest absolute Gasteiger partial charge is 0.480 e. The molecule has 0 aromatic carbocycles. The zero-order valence-corrected chi connectivity index (χ0v) is 9.05. The number of rotatable bonds is 4. The lowest BCUT2D eigenvalue weighted by atomic mass is 10.3. The molecule has 3 N–H and O–H groups in total. The number of halogens is 2. The van der Waals surface area contributed by atoms with Crippen molar-refractivity contribution in [1.29, 1.82) is 0 Å². The van der Waals surface area contributed by atoms with Gasteiger partial charge in [-0.3, -0.25) is 4.79 Å². The van der Waals surface area contributed by atoms with E-state index in [0.29, 0.717) is 13.0 Å². The molecule has 0 radical (unpaired) electrons. The number of nitrogens with two attached hydrogens (primary N) is 1. The molecule has 0 aliphatic heterocycles. The Morgan fingerprint density at radius 3 is 2.71 bits per heavy atom. The highest BCUT2D eigenvalue weighted by atomic mass is 35.5. The predicted molar refractivity (Wildman–Crippen MR) is 57.1 cm³/mol. The fourth-order valence-electron chi connectivity index (χ4n) is 0.926. The Morgan fingerprint density at radius 2 is 2.21 bits per heavy atom. The van der Waals surface area contributed by atoms with Crippen LogP contribution in [0.1, 0.15) is 5.69 Å². The van der Waals surface area contributed by atoms with Crippen LogP contribution in [-0.4, -0.2) is 27.2 Å². The molecule has 14 heavy (non-hydrogen) atoms. The van der Waals surface area contributed by atoms with Crippen LogP contribution in [0.4, 0.5) is 0 Å². The average Bonchev–Trinajstić information content (AvgIpc) is 2.36. The number of imidazole rings is 1. The van der Waals surface area contributed by atoms with E-state index >= 15 is 0 Å². The van der Waals surface area contributed by atoms with Crippen molar-refractivity contribution in [2.45, 2.75) is 13.0 Å². The van der Waals surface area contributed by atoms with E-state index in [9.17, 15) is 4.79 Å². The van der Waals surface area contributed by atoms with Crippen molar-refractivity contribution in [3.63, 3.8) is 0 Å². The maximum atomic E-state index is 10.3. The van der Waals surface area contributed by atoms with Gasteiger partial charge in [-0.2, -0.15) is 0 Å². The van der Waals surface area contributed by atoms with Gasteiger partial charge >= 0.3 is 5.97 Å². The van der Waals surface area contributed by atoms with Gasteiger partial charge in [-0.05, 0) is 6.54 Å². The Bertz CT molecular complexity index is 278. The molecule has 0 aliphatic rings. The second kappa shape index (κ2) is 7.61. The van der Waals surface area contributed by atoms with Gasteiger partial charge in [0.1, 0.15) is 6.54 Å². The summed E-state index contributed by atoms with van der Waals surface area (Å²) in [5.41, 5.74) is 6.14. The van der Waals surface area contributed by atoms with Crippen molar-refractivity contribution in [3.05, 3.63) is 18.2 Å². The fourth-order valence-corrected chi connectivity index (χ4v) is 0.926. The monoisotopic (exact) mass is 241 g/mol. The second-order valence-electron chi connectivity index (χ2n) is 2.47. The van der Waals surface area contributed by atoms with E-state index in [-0.39, 0.29) is 31.4 Å². The summed E-state index contributed by atoms with van der Waals surface area (Å²) in [5.74, 6) is -0.869. The van der Waals surface area contributed by atoms with Gasteiger partial charge in [-0.15, -0.1) is 24.8 Å². The Morgan fingerprint density at radius 1 is 1.57 bits per heavy atom. The fraction of sp³-hybridized carbons (Fsp3) is 0.429. The maximum absolute atomic E-state index is 10.3. The van der Waals surface area contributed by atoms with Crippen molar-refractivity contribution in [1.82, 2.24) is 9.55 Å². The molecular weight excluding hydrogens is 229 g/mol. The summed E-state index contributed by atoms with van der Waals surface area (Å²) >= 11 is 0. The molecule has 0 atom stereocenters. The van der Waals surface area contributed by atoms with Crippen molar-refractivity contribution < 1.29 is 9.90 Å². The first-order chi connectivity index (χ1) is 5.72. The molecule has 1 aromatic heterocycles. The predicted octanol–water partition coefficient (Wildman–Crippen LogP) is 0.312. The number of carboxylic acids is 1. The molecule has 0 saturated heterocycles. The minimum atomic E-state index is -0.869. The Kier molecular flexibility index (Phi) is 8.52. The molecule has 0 saturated carbocycles. The standard InChI is InChI=1S/C7H11N3O2.2ClH/c8-2-1-6-3-10(5-9-6)4-7(11)12;;/h3,5H,1-2,4,8H2,(H,11,12);2*1H. The van der Waals surface area contributed by atoms with Crippen LogP contribution in [0.5, 0.6) is 0 Å². The van der Waals surface area contributed by atoms with E-state index in [4.69, 9.17) is 10.8 Å². The normalized spacial score (nSPS) is 8.64. The van der Waals surface area contributed by atoms with Gasteiger partial charge in [0, 0.05) is 12.6 Å². The summed E-state index contributed by atoms with van der Waals surface area (Å²) in [6, 6.07) is 0. The van der Waals surface area contributed by atoms with E-state index in [1.54, 1.807) is 6.20 Å². The molecule has 7 heteroatoms. The van der Waals surface area contributed by atoms with Gasteiger partial charge in [-0.25, -0.2) is 4.98 Å². The maximum Gasteiger partial charge on any atom is 0.323 e. The number of nitrogens with zero attached hydrogens (tertiary/aromatic N) is 2. The molecule has 0 fully saturated rings. The van der Waals surface area contributed by atoms with Crippen LogP contribution in [0.2, 0.25) is 0 Å². The molecule has 0 bridgehead atoms. The van der Waals surface area contributed by atoms with Gasteiger partial charge in [-0.1, -0.05) is 0 Å². The number of carbonyl (C=O) groups is 1. The topological polar surface area (TPSA) is 81.1 Å². The first-order valence-electron chi connectivity index (χ1n) is 3.65. The summed E-state index contributed by atoms with van der Waals surface area (Å²) in [5, 5.41) is 8.43. The third-order valence-corrected chi connectivity index (χ3v) is 1.41. The quantitative estimate of drug-likeness (QED) is 0.796. The zero-order valence-electron chi connectivity index (χ0n) is 7.42. The molecule has 1 rings (SSSR count). The Hall–Kier alpha value is -0.780. The molecule has 0 aliphatic carbocycles. The first kappa shape index (κ1) is 15.7. The van der Waals surface area contributed by atoms with Crippen LogP contribution in [-0.2, 0) is 17.8 Å². The Balaban J connectivity index is 0. The molecule has 0 spiro atoms. The summed E-state index contributed by atoms with van der Waals surface area (Å²) < 4.78 is 1.52. The van der Waals surface area contributed by atoms with Gasteiger partial charge in [0.05, 0.1) is 12.0 Å². The number of hydrogen-bond acceptors (Lipinski definition) is 3. The molecule has 1 heterocycles. The molecular formula is C7H13Cl2N3O2. The van der Waals surface area contributed by atoms with E-state index in [1.165, 1.54) is 10.9 Å². The molecule has 0 amide bonds. The lowest BCUT2D eigenvalue weighted by Gasteiger charge is -1.93. The van der Waals surface area contributed by atoms with Crippen molar-refractivity contribution in [3.8, 4) is 0 Å². The first-order valence-corrected chi connectivity index (χ1v) is 3.65. The summed E-state index contributed by atoms with van der Waals surface area (Å²) in [4.78, 5) is 14.2. The van der Waals surface area contributed by atoms with E-state index in [1.807, 2.05) is 0 Å². The van der Waals surface area contributed by atoms with Gasteiger partial charge in [0.25, 0.3) is 0 Å². The van der Waals surface area contributed by atoms with E-state index in [0.717, 1.165) is 5.69 Å². The third-order valence-electron chi connectivity index (χ3n) is 1.41. The number of aliphatic carboxylic acids is 1.